The van der Waals surface area contributed by atoms with Crippen molar-refractivity contribution in [3.8, 4) is 17.1 Å². The van der Waals surface area contributed by atoms with E-state index in [9.17, 15) is 13.2 Å². The average molecular weight is 397 g/mol. The molecule has 0 saturated heterocycles. The van der Waals surface area contributed by atoms with Crippen LogP contribution in [-0.2, 0) is 17.5 Å². The molecule has 1 aromatic carbocycles. The second-order valence-electron chi connectivity index (χ2n) is 5.74. The molecule has 0 radical (unpaired) electrons. The highest BCUT2D eigenvalue weighted by molar-refractivity contribution is 6.32. The van der Waals surface area contributed by atoms with E-state index >= 15 is 0 Å². The van der Waals surface area contributed by atoms with Crippen LogP contribution in [-0.4, -0.2) is 26.4 Å². The Morgan fingerprint density at radius 1 is 1.07 bits per heavy atom. The zero-order chi connectivity index (χ0) is 19.6. The number of benzene rings is 1. The molecule has 0 N–H and O–H groups in total. The fraction of sp³-hybridized carbons (Fsp3) is 0.278. The highest BCUT2D eigenvalue weighted by Crippen LogP contribution is 2.31. The van der Waals surface area contributed by atoms with Crippen molar-refractivity contribution in [2.24, 2.45) is 0 Å². The third-order valence-electron chi connectivity index (χ3n) is 3.75. The lowest BCUT2D eigenvalue weighted by Gasteiger charge is -2.10. The first-order valence-corrected chi connectivity index (χ1v) is 8.52. The number of pyridine rings is 1. The predicted octanol–water partition coefficient (Wildman–Crippen LogP) is 4.85. The molecule has 0 aliphatic carbocycles. The highest BCUT2D eigenvalue weighted by Gasteiger charge is 2.30. The van der Waals surface area contributed by atoms with Crippen LogP contribution < -0.4 is 0 Å². The summed E-state index contributed by atoms with van der Waals surface area (Å²) in [5.74, 6) is 0.769. The van der Waals surface area contributed by atoms with Crippen molar-refractivity contribution in [1.29, 1.82) is 0 Å². The van der Waals surface area contributed by atoms with Gasteiger partial charge in [0.1, 0.15) is 11.8 Å². The van der Waals surface area contributed by atoms with Crippen molar-refractivity contribution in [3.05, 3.63) is 58.6 Å². The molecular formula is C18H16ClF3N4O. The number of halogens is 4. The normalized spacial score (nSPS) is 11.8. The van der Waals surface area contributed by atoms with Gasteiger partial charge in [0.15, 0.2) is 11.6 Å². The molecule has 3 aromatic rings. The number of alkyl halides is 3. The first kappa shape index (κ1) is 19.3. The lowest BCUT2D eigenvalue weighted by molar-refractivity contribution is -0.137. The van der Waals surface area contributed by atoms with Crippen LogP contribution in [0.4, 0.5) is 13.2 Å². The Balaban J connectivity index is 2.09. The Bertz CT molecular complexity index is 939. The van der Waals surface area contributed by atoms with Crippen LogP contribution in [0.3, 0.4) is 0 Å². The molecule has 0 bridgehead atoms. The van der Waals surface area contributed by atoms with Crippen LogP contribution >= 0.6 is 11.6 Å². The van der Waals surface area contributed by atoms with Crippen LogP contribution in [0.5, 0.6) is 0 Å². The molecule has 0 fully saturated rings. The topological polar surface area (TPSA) is 52.8 Å². The molecular weight excluding hydrogens is 381 g/mol. The van der Waals surface area contributed by atoms with Gasteiger partial charge in [0.2, 0.25) is 0 Å². The predicted molar refractivity (Wildman–Crippen MR) is 94.7 cm³/mol. The SMILES string of the molecule is CCOCc1nc(-c2ccc(C)nc2Cl)n(-c2ccc(C(F)(F)F)cc2)n1. The van der Waals surface area contributed by atoms with Crippen molar-refractivity contribution < 1.29 is 17.9 Å². The van der Waals surface area contributed by atoms with E-state index < -0.39 is 11.7 Å². The van der Waals surface area contributed by atoms with Crippen LogP contribution in [0, 0.1) is 6.92 Å². The van der Waals surface area contributed by atoms with E-state index in [0.29, 0.717) is 29.5 Å². The van der Waals surface area contributed by atoms with Gasteiger partial charge in [-0.3, -0.25) is 0 Å². The molecule has 9 heteroatoms. The van der Waals surface area contributed by atoms with Crippen molar-refractivity contribution in [3.63, 3.8) is 0 Å². The van der Waals surface area contributed by atoms with Crippen LogP contribution in [0.25, 0.3) is 17.1 Å². The van der Waals surface area contributed by atoms with E-state index in [1.54, 1.807) is 19.1 Å². The average Bonchev–Trinajstić information content (AvgIpc) is 3.03. The maximum Gasteiger partial charge on any atom is 0.416 e. The van der Waals surface area contributed by atoms with Gasteiger partial charge in [-0.1, -0.05) is 11.6 Å². The molecule has 2 heterocycles. The van der Waals surface area contributed by atoms with Gasteiger partial charge < -0.3 is 4.74 Å². The van der Waals surface area contributed by atoms with E-state index in [0.717, 1.165) is 17.8 Å². The minimum Gasteiger partial charge on any atom is -0.374 e. The Kier molecular flexibility index (Phi) is 5.48. The molecule has 0 saturated carbocycles. The number of hydrogen-bond donors (Lipinski definition) is 0. The van der Waals surface area contributed by atoms with Crippen LogP contribution in [0.2, 0.25) is 5.15 Å². The standard InChI is InChI=1S/C18H16ClF3N4O/c1-3-27-10-15-24-17(14-9-4-11(2)23-16(14)19)26(25-15)13-7-5-12(6-8-13)18(20,21)22/h4-9H,3,10H2,1-2H3. The third-order valence-corrected chi connectivity index (χ3v) is 4.04. The van der Waals surface area contributed by atoms with Gasteiger partial charge >= 0.3 is 6.18 Å². The summed E-state index contributed by atoms with van der Waals surface area (Å²) in [6.07, 6.45) is -4.41. The van der Waals surface area contributed by atoms with Crippen LogP contribution in [0.1, 0.15) is 24.0 Å². The molecule has 0 atom stereocenters. The third kappa shape index (κ3) is 4.28. The molecule has 0 amide bonds. The van der Waals surface area contributed by atoms with Crippen molar-refractivity contribution in [2.75, 3.05) is 6.61 Å². The molecule has 0 unspecified atom stereocenters. The molecule has 0 aliphatic rings. The summed E-state index contributed by atoms with van der Waals surface area (Å²) >= 11 is 6.25. The van der Waals surface area contributed by atoms with Crippen molar-refractivity contribution in [1.82, 2.24) is 19.7 Å². The monoisotopic (exact) mass is 396 g/mol. The van der Waals surface area contributed by atoms with Gasteiger partial charge in [-0.05, 0) is 50.2 Å². The van der Waals surface area contributed by atoms with E-state index in [-0.39, 0.29) is 11.8 Å². The molecule has 0 aliphatic heterocycles. The minimum absolute atomic E-state index is 0.175. The first-order chi connectivity index (χ1) is 12.8. The quantitative estimate of drug-likeness (QED) is 0.579. The molecule has 0 spiro atoms. The Hall–Kier alpha value is -2.45. The first-order valence-electron chi connectivity index (χ1n) is 8.14. The summed E-state index contributed by atoms with van der Waals surface area (Å²) in [7, 11) is 0. The Morgan fingerprint density at radius 2 is 1.78 bits per heavy atom. The van der Waals surface area contributed by atoms with Crippen molar-refractivity contribution in [2.45, 2.75) is 26.6 Å². The number of rotatable bonds is 5. The fourth-order valence-corrected chi connectivity index (χ4v) is 2.73. The van der Waals surface area contributed by atoms with E-state index in [2.05, 4.69) is 15.1 Å². The summed E-state index contributed by atoms with van der Waals surface area (Å²) in [4.78, 5) is 8.64. The van der Waals surface area contributed by atoms with E-state index in [4.69, 9.17) is 16.3 Å². The second-order valence-corrected chi connectivity index (χ2v) is 6.09. The van der Waals surface area contributed by atoms with Crippen molar-refractivity contribution >= 4 is 11.6 Å². The molecule has 5 nitrogen and oxygen atoms in total. The Labute approximate surface area is 158 Å². The van der Waals surface area contributed by atoms with Gasteiger partial charge in [0.05, 0.1) is 16.8 Å². The van der Waals surface area contributed by atoms with Gasteiger partial charge in [0, 0.05) is 12.3 Å². The molecule has 3 rings (SSSR count). The maximum absolute atomic E-state index is 12.8. The van der Waals surface area contributed by atoms with Gasteiger partial charge in [0.25, 0.3) is 0 Å². The molecule has 27 heavy (non-hydrogen) atoms. The maximum atomic E-state index is 12.8. The largest absolute Gasteiger partial charge is 0.416 e. The number of aromatic nitrogens is 4. The zero-order valence-corrected chi connectivity index (χ0v) is 15.3. The summed E-state index contributed by atoms with van der Waals surface area (Å²) in [6.45, 7) is 4.30. The summed E-state index contributed by atoms with van der Waals surface area (Å²) in [5, 5.41) is 4.60. The lowest BCUT2D eigenvalue weighted by atomic mass is 10.2. The number of ether oxygens (including phenoxy) is 1. The summed E-state index contributed by atoms with van der Waals surface area (Å²) in [5.41, 5.74) is 0.943. The summed E-state index contributed by atoms with van der Waals surface area (Å²) < 4.78 is 45.2. The minimum atomic E-state index is -4.41. The van der Waals surface area contributed by atoms with Gasteiger partial charge in [-0.15, -0.1) is 5.10 Å². The molecule has 2 aromatic heterocycles. The highest BCUT2D eigenvalue weighted by atomic mass is 35.5. The van der Waals surface area contributed by atoms with E-state index in [1.165, 1.54) is 16.8 Å². The smallest absolute Gasteiger partial charge is 0.374 e. The summed E-state index contributed by atoms with van der Waals surface area (Å²) in [6, 6.07) is 8.19. The zero-order valence-electron chi connectivity index (χ0n) is 14.6. The number of hydrogen-bond acceptors (Lipinski definition) is 4. The number of nitrogens with zero attached hydrogens (tertiary/aromatic N) is 4. The van der Waals surface area contributed by atoms with Crippen LogP contribution in [0.15, 0.2) is 36.4 Å². The lowest BCUT2D eigenvalue weighted by Crippen LogP contribution is -2.06. The fourth-order valence-electron chi connectivity index (χ4n) is 2.45. The molecule has 142 valence electrons. The Morgan fingerprint density at radius 3 is 2.37 bits per heavy atom. The van der Waals surface area contributed by atoms with Gasteiger partial charge in [-0.2, -0.15) is 13.2 Å². The van der Waals surface area contributed by atoms with Gasteiger partial charge in [-0.25, -0.2) is 14.6 Å². The second kappa shape index (κ2) is 7.66. The number of aryl methyl sites for hydroxylation is 1. The van der Waals surface area contributed by atoms with E-state index in [1.807, 2.05) is 6.92 Å².